The van der Waals surface area contributed by atoms with Gasteiger partial charge in [-0.15, -0.1) is 11.3 Å². The van der Waals surface area contributed by atoms with Crippen LogP contribution in [0.3, 0.4) is 0 Å². The molecule has 2 unspecified atom stereocenters. The standard InChI is InChI=1S/C35H43N5O3PS/c1-6-40(37)29-17-16-27(23(2)33(29)36)32(35(4,5)34(41)43-22-25-12-8-7-9-13-25)31-20-26(24(3)45-31)21-39-19-11-14-28-30(44(39)42)15-10-18-38-28/h7-10,12-13,15-18,20,32H,6,11,14,19,21-22,36-37H2,1-5H3/q+1. The Morgan fingerprint density at radius 1 is 1.16 bits per heavy atom. The fourth-order valence-corrected chi connectivity index (χ4v) is 8.90. The summed E-state index contributed by atoms with van der Waals surface area (Å²) in [7, 11) is -1.75. The number of hydrogen-bond donors (Lipinski definition) is 2. The van der Waals surface area contributed by atoms with Crippen LogP contribution in [-0.2, 0) is 33.7 Å². The predicted octanol–water partition coefficient (Wildman–Crippen LogP) is 6.76. The van der Waals surface area contributed by atoms with Crippen molar-refractivity contribution in [3.8, 4) is 0 Å². The van der Waals surface area contributed by atoms with Crippen LogP contribution in [0.1, 0.15) is 70.8 Å². The minimum absolute atomic E-state index is 0.196. The molecule has 1 aliphatic rings. The first-order chi connectivity index (χ1) is 21.5. The van der Waals surface area contributed by atoms with Gasteiger partial charge in [-0.1, -0.05) is 41.1 Å². The summed E-state index contributed by atoms with van der Waals surface area (Å²) in [5.41, 5.74) is 11.9. The molecule has 0 spiro atoms. The highest BCUT2D eigenvalue weighted by Gasteiger charge is 2.43. The van der Waals surface area contributed by atoms with E-state index < -0.39 is 13.4 Å². The van der Waals surface area contributed by atoms with E-state index in [4.69, 9.17) is 16.3 Å². The third-order valence-electron chi connectivity index (χ3n) is 8.79. The molecule has 2 atom stereocenters. The molecule has 5 rings (SSSR count). The summed E-state index contributed by atoms with van der Waals surface area (Å²) >= 11 is 1.67. The molecule has 3 heterocycles. The molecule has 0 fully saturated rings. The molecule has 1 aliphatic heterocycles. The Morgan fingerprint density at radius 2 is 1.91 bits per heavy atom. The van der Waals surface area contributed by atoms with Crippen LogP contribution in [0.4, 0.5) is 11.4 Å². The highest BCUT2D eigenvalue weighted by molar-refractivity contribution is 7.51. The van der Waals surface area contributed by atoms with Crippen LogP contribution in [0.5, 0.6) is 0 Å². The van der Waals surface area contributed by atoms with Crippen molar-refractivity contribution >= 4 is 41.9 Å². The van der Waals surface area contributed by atoms with Crippen molar-refractivity contribution in [1.82, 2.24) is 9.65 Å². The number of rotatable bonds is 10. The van der Waals surface area contributed by atoms with Gasteiger partial charge in [0.25, 0.3) is 0 Å². The summed E-state index contributed by atoms with van der Waals surface area (Å²) in [6.45, 7) is 12.0. The number of hydrazine groups is 1. The highest BCUT2D eigenvalue weighted by Crippen LogP contribution is 2.48. The van der Waals surface area contributed by atoms with Crippen molar-refractivity contribution in [2.24, 2.45) is 11.3 Å². The number of esters is 1. The molecule has 0 aliphatic carbocycles. The molecular weight excluding hydrogens is 601 g/mol. The second kappa shape index (κ2) is 13.8. The van der Waals surface area contributed by atoms with E-state index >= 15 is 0 Å². The second-order valence-electron chi connectivity index (χ2n) is 12.2. The lowest BCUT2D eigenvalue weighted by Gasteiger charge is -2.34. The van der Waals surface area contributed by atoms with E-state index in [1.165, 1.54) is 0 Å². The van der Waals surface area contributed by atoms with Gasteiger partial charge in [-0.2, -0.15) is 0 Å². The van der Waals surface area contributed by atoms with Crippen molar-refractivity contribution in [2.75, 3.05) is 23.8 Å². The Kier molecular flexibility index (Phi) is 10.0. The molecule has 236 valence electrons. The van der Waals surface area contributed by atoms with E-state index in [9.17, 15) is 9.36 Å². The number of nitrogens with two attached hydrogens (primary N) is 2. The Hall–Kier alpha value is -3.62. The number of nitrogen functional groups attached to an aromatic ring is 1. The number of nitrogens with zero attached hydrogens (tertiary/aromatic N) is 3. The summed E-state index contributed by atoms with van der Waals surface area (Å²) in [5, 5.41) is 2.45. The first-order valence-electron chi connectivity index (χ1n) is 15.4. The maximum atomic E-state index is 13.9. The van der Waals surface area contributed by atoms with E-state index in [0.717, 1.165) is 68.1 Å². The third-order valence-corrected chi connectivity index (χ3v) is 11.6. The first-order valence-corrected chi connectivity index (χ1v) is 17.4. The quantitative estimate of drug-likeness (QED) is 0.0640. The zero-order valence-corrected chi connectivity index (χ0v) is 28.5. The number of anilines is 2. The molecule has 8 nitrogen and oxygen atoms in total. The van der Waals surface area contributed by atoms with E-state index in [1.54, 1.807) is 22.5 Å². The van der Waals surface area contributed by atoms with Crippen LogP contribution in [0, 0.1) is 19.3 Å². The largest absolute Gasteiger partial charge is 0.476 e. The molecule has 0 saturated heterocycles. The number of pyridine rings is 1. The maximum absolute atomic E-state index is 13.9. The molecule has 0 bridgehead atoms. The van der Waals surface area contributed by atoms with Gasteiger partial charge in [-0.3, -0.25) is 9.78 Å². The van der Waals surface area contributed by atoms with E-state index in [-0.39, 0.29) is 18.5 Å². The SMILES string of the molecule is CCN(N)c1ccc(C(c2cc(CN3CCCc4ncccc4[P+]3=O)c(C)s2)C(C)(C)C(=O)OCc2ccccc2)c(C)c1N. The Morgan fingerprint density at radius 3 is 2.64 bits per heavy atom. The zero-order valence-electron chi connectivity index (χ0n) is 26.7. The van der Waals surface area contributed by atoms with E-state index in [0.29, 0.717) is 18.8 Å². The number of carbonyl (C=O) groups excluding carboxylic acids is 1. The van der Waals surface area contributed by atoms with Crippen molar-refractivity contribution in [3.63, 3.8) is 0 Å². The van der Waals surface area contributed by atoms with Crippen LogP contribution in [0.25, 0.3) is 0 Å². The van der Waals surface area contributed by atoms with Gasteiger partial charge in [-0.05, 0) is 98.5 Å². The number of aromatic nitrogens is 1. The number of carbonyl (C=O) groups is 1. The summed E-state index contributed by atoms with van der Waals surface area (Å²) in [6.07, 6.45) is 3.48. The fourth-order valence-electron chi connectivity index (χ4n) is 6.04. The van der Waals surface area contributed by atoms with Gasteiger partial charge in [0.2, 0.25) is 5.30 Å². The summed E-state index contributed by atoms with van der Waals surface area (Å²) in [5.74, 6) is 5.61. The molecule has 4 aromatic rings. The number of thiophene rings is 1. The van der Waals surface area contributed by atoms with Crippen LogP contribution in [0.15, 0.2) is 66.9 Å². The average Bonchev–Trinajstić information content (AvgIpc) is 3.31. The molecule has 0 saturated carbocycles. The Bertz CT molecular complexity index is 1690. The molecular formula is C35H43N5O3PS+. The van der Waals surface area contributed by atoms with Crippen LogP contribution < -0.4 is 21.9 Å². The number of aryl methyl sites for hydroxylation is 2. The van der Waals surface area contributed by atoms with E-state index in [2.05, 4.69) is 22.6 Å². The monoisotopic (exact) mass is 644 g/mol. The van der Waals surface area contributed by atoms with Gasteiger partial charge in [0.1, 0.15) is 6.61 Å². The molecule has 0 amide bonds. The molecule has 10 heteroatoms. The number of fused-ring (bicyclic) bond motifs is 1. The average molecular weight is 645 g/mol. The van der Waals surface area contributed by atoms with Gasteiger partial charge in [-0.25, -0.2) is 5.84 Å². The number of benzene rings is 2. The smallest absolute Gasteiger partial charge is 0.460 e. The summed E-state index contributed by atoms with van der Waals surface area (Å²) in [4.78, 5) is 20.6. The maximum Gasteiger partial charge on any atom is 0.476 e. The van der Waals surface area contributed by atoms with Gasteiger partial charge in [0, 0.05) is 35.0 Å². The molecule has 2 aromatic carbocycles. The minimum atomic E-state index is -1.75. The Labute approximate surface area is 271 Å². The van der Waals surface area contributed by atoms with Crippen molar-refractivity contribution in [3.05, 3.63) is 105 Å². The zero-order chi connectivity index (χ0) is 32.3. The lowest BCUT2D eigenvalue weighted by atomic mass is 9.72. The van der Waals surface area contributed by atoms with Crippen LogP contribution in [0.2, 0.25) is 0 Å². The molecule has 45 heavy (non-hydrogen) atoms. The van der Waals surface area contributed by atoms with Gasteiger partial charge in [0.05, 0.1) is 29.0 Å². The summed E-state index contributed by atoms with van der Waals surface area (Å²) in [6, 6.07) is 19.7. The van der Waals surface area contributed by atoms with Gasteiger partial charge < -0.3 is 15.5 Å². The van der Waals surface area contributed by atoms with Crippen LogP contribution in [-0.4, -0.2) is 28.7 Å². The highest BCUT2D eigenvalue weighted by atomic mass is 32.1. The normalized spacial score (nSPS) is 15.3. The minimum Gasteiger partial charge on any atom is -0.460 e. The topological polar surface area (TPSA) is 115 Å². The number of ether oxygens (including phenoxy) is 1. The summed E-state index contributed by atoms with van der Waals surface area (Å²) < 4.78 is 21.7. The van der Waals surface area contributed by atoms with Crippen molar-refractivity contribution < 1.29 is 14.1 Å². The second-order valence-corrected chi connectivity index (χ2v) is 15.1. The van der Waals surface area contributed by atoms with E-state index in [1.807, 2.05) is 82.3 Å². The number of hydrogen-bond acceptors (Lipinski definition) is 8. The van der Waals surface area contributed by atoms with Crippen molar-refractivity contribution in [1.29, 1.82) is 0 Å². The molecule has 0 radical (unpaired) electrons. The molecule has 2 aromatic heterocycles. The van der Waals surface area contributed by atoms with Gasteiger partial charge in [0.15, 0.2) is 0 Å². The first kappa shape index (κ1) is 32.8. The lowest BCUT2D eigenvalue weighted by molar-refractivity contribution is -0.156. The predicted molar refractivity (Wildman–Crippen MR) is 184 cm³/mol. The Balaban J connectivity index is 1.52. The van der Waals surface area contributed by atoms with Gasteiger partial charge >= 0.3 is 13.9 Å². The lowest BCUT2D eigenvalue weighted by Crippen LogP contribution is -2.34. The fraction of sp³-hybridized carbons (Fsp3) is 0.371. The third kappa shape index (κ3) is 6.82. The van der Waals surface area contributed by atoms with Crippen molar-refractivity contribution in [2.45, 2.75) is 66.5 Å². The molecule has 4 N–H and O–H groups in total. The van der Waals surface area contributed by atoms with Crippen LogP contribution >= 0.6 is 19.3 Å².